The van der Waals surface area contributed by atoms with Crippen molar-refractivity contribution < 1.29 is 21.8 Å². The summed E-state index contributed by atoms with van der Waals surface area (Å²) in [5, 5.41) is 4.96. The Bertz CT molecular complexity index is 585. The summed E-state index contributed by atoms with van der Waals surface area (Å²) in [5.41, 5.74) is 0.597. The number of hydrogen-bond donors (Lipinski definition) is 1. The monoisotopic (exact) mass is 417 g/mol. The summed E-state index contributed by atoms with van der Waals surface area (Å²) in [6.07, 6.45) is 2.08. The number of ketones is 1. The molecular weight excluding hydrogens is 396 g/mol. The van der Waals surface area contributed by atoms with E-state index in [1.807, 2.05) is 0 Å². The van der Waals surface area contributed by atoms with Crippen LogP contribution < -0.4 is 22.3 Å². The highest BCUT2D eigenvalue weighted by atomic mass is 79.9. The first-order valence-corrected chi connectivity index (χ1v) is 8.83. The Labute approximate surface area is 158 Å². The van der Waals surface area contributed by atoms with E-state index in [9.17, 15) is 4.79 Å². The number of aliphatic imine (C=N–C) groups is 1. The van der Waals surface area contributed by atoms with Crippen LogP contribution in [0, 0.1) is 0 Å². The summed E-state index contributed by atoms with van der Waals surface area (Å²) in [5.74, 6) is 0.464. The second-order valence-corrected chi connectivity index (χ2v) is 8.36. The Hall–Kier alpha value is -0.520. The van der Waals surface area contributed by atoms with E-state index in [1.54, 1.807) is 24.3 Å². The van der Waals surface area contributed by atoms with Gasteiger partial charge in [-0.2, -0.15) is 0 Å². The van der Waals surface area contributed by atoms with E-state index in [0.29, 0.717) is 16.3 Å². The molecule has 0 aromatic heterocycles. The second kappa shape index (κ2) is 8.04. The molecule has 6 heteroatoms. The normalized spacial score (nSPS) is 18.9. The number of thioether (sulfide) groups is 1. The molecule has 23 heavy (non-hydrogen) atoms. The van der Waals surface area contributed by atoms with E-state index < -0.39 is 0 Å². The standard InChI is InChI=1S/C17H23ClN2OS.BrH/c1-16(2)9-10-17(3,4)20-15(19-16)22-11-14(21)12-5-7-13(18)8-6-12;/h5-8H,9-11H2,1-4H3,(H,19,20);1H/p-1. The third-order valence-electron chi connectivity index (χ3n) is 3.72. The molecule has 0 spiro atoms. The van der Waals surface area contributed by atoms with Gasteiger partial charge in [0.25, 0.3) is 0 Å². The Morgan fingerprint density at radius 2 is 1.83 bits per heavy atom. The van der Waals surface area contributed by atoms with Crippen LogP contribution in [0.25, 0.3) is 0 Å². The number of carbonyl (C=O) groups is 1. The number of nitrogens with one attached hydrogen (secondary N) is 1. The lowest BCUT2D eigenvalue weighted by molar-refractivity contribution is -0.0000132. The molecule has 0 amide bonds. The van der Waals surface area contributed by atoms with Gasteiger partial charge in [-0.15, -0.1) is 0 Å². The molecule has 0 radical (unpaired) electrons. The van der Waals surface area contributed by atoms with Gasteiger partial charge in [0.05, 0.1) is 11.3 Å². The van der Waals surface area contributed by atoms with Gasteiger partial charge in [-0.1, -0.05) is 23.4 Å². The summed E-state index contributed by atoms with van der Waals surface area (Å²) >= 11 is 7.33. The predicted molar refractivity (Wildman–Crippen MR) is 96.2 cm³/mol. The third kappa shape index (κ3) is 6.48. The van der Waals surface area contributed by atoms with Crippen molar-refractivity contribution in [2.24, 2.45) is 4.99 Å². The Morgan fingerprint density at radius 1 is 1.22 bits per heavy atom. The molecule has 1 aromatic carbocycles. The fourth-order valence-electron chi connectivity index (χ4n) is 2.25. The summed E-state index contributed by atoms with van der Waals surface area (Å²) in [6.45, 7) is 8.62. The third-order valence-corrected chi connectivity index (χ3v) is 4.84. The van der Waals surface area contributed by atoms with Crippen molar-refractivity contribution in [2.45, 2.75) is 51.6 Å². The zero-order valence-corrected chi connectivity index (χ0v) is 17.1. The molecule has 1 aliphatic rings. The number of amidine groups is 1. The van der Waals surface area contributed by atoms with E-state index in [1.165, 1.54) is 11.8 Å². The number of halogens is 2. The molecule has 2 rings (SSSR count). The highest BCUT2D eigenvalue weighted by molar-refractivity contribution is 8.14. The van der Waals surface area contributed by atoms with Gasteiger partial charge >= 0.3 is 0 Å². The van der Waals surface area contributed by atoms with Crippen molar-refractivity contribution in [2.75, 3.05) is 5.75 Å². The quantitative estimate of drug-likeness (QED) is 0.757. The summed E-state index contributed by atoms with van der Waals surface area (Å²) in [6, 6.07) is 7.02. The van der Waals surface area contributed by atoms with Crippen LogP contribution in [-0.4, -0.2) is 27.8 Å². The van der Waals surface area contributed by atoms with Crippen LogP contribution in [0.1, 0.15) is 50.9 Å². The average molecular weight is 419 g/mol. The fraction of sp³-hybridized carbons (Fsp3) is 0.529. The molecule has 1 aromatic rings. The summed E-state index contributed by atoms with van der Waals surface area (Å²) in [7, 11) is 0. The van der Waals surface area contributed by atoms with Crippen LogP contribution in [0.3, 0.4) is 0 Å². The lowest BCUT2D eigenvalue weighted by atomic mass is 9.91. The van der Waals surface area contributed by atoms with Crippen molar-refractivity contribution >= 4 is 34.3 Å². The lowest BCUT2D eigenvalue weighted by Gasteiger charge is -2.25. The van der Waals surface area contributed by atoms with E-state index in [0.717, 1.165) is 18.0 Å². The molecule has 0 unspecified atom stereocenters. The Morgan fingerprint density at radius 3 is 2.43 bits per heavy atom. The number of benzene rings is 1. The van der Waals surface area contributed by atoms with Crippen LogP contribution in [0.4, 0.5) is 0 Å². The van der Waals surface area contributed by atoms with Gasteiger partial charge in [0.15, 0.2) is 11.0 Å². The molecule has 1 heterocycles. The van der Waals surface area contributed by atoms with Gasteiger partial charge in [0.2, 0.25) is 0 Å². The zero-order valence-electron chi connectivity index (χ0n) is 14.0. The van der Waals surface area contributed by atoms with Gasteiger partial charge in [-0.3, -0.25) is 9.79 Å². The van der Waals surface area contributed by atoms with Crippen LogP contribution >= 0.6 is 23.4 Å². The molecule has 1 N–H and O–H groups in total. The number of carbonyl (C=O) groups excluding carboxylic acids is 1. The summed E-state index contributed by atoms with van der Waals surface area (Å²) in [4.78, 5) is 17.0. The number of hydrogen-bond acceptors (Lipinski definition) is 4. The lowest BCUT2D eigenvalue weighted by Crippen LogP contribution is -3.00. The number of nitrogens with zero attached hydrogens (tertiary/aromatic N) is 1. The molecule has 0 aliphatic carbocycles. The second-order valence-electron chi connectivity index (χ2n) is 6.96. The van der Waals surface area contributed by atoms with Crippen molar-refractivity contribution in [1.29, 1.82) is 0 Å². The van der Waals surface area contributed by atoms with Crippen LogP contribution in [0.2, 0.25) is 5.02 Å². The van der Waals surface area contributed by atoms with E-state index in [4.69, 9.17) is 16.6 Å². The maximum Gasteiger partial charge on any atom is 0.173 e. The van der Waals surface area contributed by atoms with Crippen molar-refractivity contribution in [1.82, 2.24) is 5.32 Å². The van der Waals surface area contributed by atoms with Gasteiger partial charge < -0.3 is 22.3 Å². The van der Waals surface area contributed by atoms with Gasteiger partial charge in [-0.25, -0.2) is 0 Å². The first-order valence-electron chi connectivity index (χ1n) is 7.47. The van der Waals surface area contributed by atoms with Crippen LogP contribution in [0.5, 0.6) is 0 Å². The number of Topliss-reactive ketones (excluding diaryl/α,β-unsaturated/α-hetero) is 1. The molecular formula is C17H23BrClN2OS-. The molecule has 0 saturated heterocycles. The fourth-order valence-corrected chi connectivity index (χ4v) is 3.47. The molecule has 1 aliphatic heterocycles. The van der Waals surface area contributed by atoms with Crippen molar-refractivity contribution in [3.8, 4) is 0 Å². The maximum atomic E-state index is 12.3. The highest BCUT2D eigenvalue weighted by Crippen LogP contribution is 2.28. The predicted octanol–water partition coefficient (Wildman–Crippen LogP) is 1.56. The van der Waals surface area contributed by atoms with Gasteiger partial charge in [-0.05, 0) is 64.8 Å². The first-order chi connectivity index (χ1) is 10.2. The van der Waals surface area contributed by atoms with Crippen LogP contribution in [-0.2, 0) is 0 Å². The smallest absolute Gasteiger partial charge is 0.173 e. The van der Waals surface area contributed by atoms with Gasteiger partial charge in [0.1, 0.15) is 0 Å². The van der Waals surface area contributed by atoms with Crippen molar-refractivity contribution in [3.63, 3.8) is 0 Å². The van der Waals surface area contributed by atoms with Crippen LogP contribution in [0.15, 0.2) is 29.3 Å². The van der Waals surface area contributed by atoms with Gasteiger partial charge in [0, 0.05) is 16.1 Å². The van der Waals surface area contributed by atoms with E-state index in [-0.39, 0.29) is 33.8 Å². The molecule has 0 bridgehead atoms. The zero-order chi connectivity index (χ0) is 16.4. The summed E-state index contributed by atoms with van der Waals surface area (Å²) < 4.78 is 0. The minimum absolute atomic E-state index is 0. The first kappa shape index (κ1) is 20.5. The van der Waals surface area contributed by atoms with E-state index >= 15 is 0 Å². The average Bonchev–Trinajstić information content (AvgIpc) is 2.53. The molecule has 128 valence electrons. The minimum Gasteiger partial charge on any atom is -1.00 e. The maximum absolute atomic E-state index is 12.3. The van der Waals surface area contributed by atoms with E-state index in [2.05, 4.69) is 33.0 Å². The largest absolute Gasteiger partial charge is 1.00 e. The molecule has 3 nitrogen and oxygen atoms in total. The molecule has 0 saturated carbocycles. The Balaban J connectivity index is 0.00000264. The highest BCUT2D eigenvalue weighted by Gasteiger charge is 2.29. The molecule has 0 fully saturated rings. The Kier molecular flexibility index (Phi) is 7.17. The number of rotatable bonds is 3. The molecule has 0 atom stereocenters. The topological polar surface area (TPSA) is 41.5 Å². The SMILES string of the molecule is CC1(C)CCC(C)(C)NC(SCC(=O)c2ccc(Cl)cc2)=N1.[Br-]. The van der Waals surface area contributed by atoms with Crippen molar-refractivity contribution in [3.05, 3.63) is 34.9 Å². The minimum atomic E-state index is -0.0909.